The number of para-hydroxylation sites is 2. The van der Waals surface area contributed by atoms with E-state index in [4.69, 9.17) is 4.74 Å². The van der Waals surface area contributed by atoms with Crippen LogP contribution in [-0.2, 0) is 9.53 Å². The van der Waals surface area contributed by atoms with Crippen LogP contribution in [0.4, 0.5) is 5.95 Å². The van der Waals surface area contributed by atoms with Crippen molar-refractivity contribution in [1.29, 1.82) is 0 Å². The molecule has 0 aliphatic heterocycles. The van der Waals surface area contributed by atoms with Gasteiger partial charge in [0, 0.05) is 6.61 Å². The van der Waals surface area contributed by atoms with E-state index in [1.165, 1.54) is 0 Å². The third-order valence-corrected chi connectivity index (χ3v) is 2.08. The Morgan fingerprint density at radius 1 is 1.50 bits per heavy atom. The number of carbonyl (C=O) groups excluding carboxylic acids is 1. The van der Waals surface area contributed by atoms with E-state index < -0.39 is 0 Å². The summed E-state index contributed by atoms with van der Waals surface area (Å²) in [5.41, 5.74) is 1.73. The number of carbonyl (C=O) groups is 1. The van der Waals surface area contributed by atoms with Crippen molar-refractivity contribution >= 4 is 22.9 Å². The van der Waals surface area contributed by atoms with Crippen molar-refractivity contribution < 1.29 is 9.53 Å². The third kappa shape index (κ3) is 2.38. The summed E-state index contributed by atoms with van der Waals surface area (Å²) in [4.78, 5) is 18.6. The number of fused-ring (bicyclic) bond motifs is 1. The molecular formula is C11H13N3O2. The fourth-order valence-corrected chi connectivity index (χ4v) is 1.37. The molecule has 0 fully saturated rings. The van der Waals surface area contributed by atoms with Gasteiger partial charge in [-0.1, -0.05) is 12.1 Å². The van der Waals surface area contributed by atoms with Crippen molar-refractivity contribution in [2.45, 2.75) is 6.92 Å². The summed E-state index contributed by atoms with van der Waals surface area (Å²) in [6.07, 6.45) is 0. The van der Waals surface area contributed by atoms with Crippen LogP contribution < -0.4 is 5.32 Å². The van der Waals surface area contributed by atoms with E-state index in [2.05, 4.69) is 15.3 Å². The van der Waals surface area contributed by atoms with Crippen LogP contribution in [0.1, 0.15) is 6.92 Å². The van der Waals surface area contributed by atoms with Crippen molar-refractivity contribution in [3.05, 3.63) is 24.3 Å². The highest BCUT2D eigenvalue weighted by molar-refractivity contribution is 5.91. The standard InChI is InChI=1S/C11H13N3O2/c1-2-16-7-10(15)14-11-12-8-5-3-4-6-9(8)13-11/h3-6H,2,7H2,1H3,(H2,12,13,14,15). The number of imidazole rings is 1. The molecule has 1 amide bonds. The van der Waals surface area contributed by atoms with E-state index >= 15 is 0 Å². The van der Waals surface area contributed by atoms with E-state index in [1.807, 2.05) is 31.2 Å². The molecule has 0 bridgehead atoms. The van der Waals surface area contributed by atoms with E-state index in [-0.39, 0.29) is 12.5 Å². The van der Waals surface area contributed by atoms with Crippen molar-refractivity contribution in [3.8, 4) is 0 Å². The second-order valence-corrected chi connectivity index (χ2v) is 3.29. The number of anilines is 1. The Hall–Kier alpha value is -1.88. The number of benzene rings is 1. The van der Waals surface area contributed by atoms with Gasteiger partial charge in [-0.05, 0) is 19.1 Å². The number of aromatic amines is 1. The summed E-state index contributed by atoms with van der Waals surface area (Å²) in [6.45, 7) is 2.41. The molecule has 0 unspecified atom stereocenters. The lowest BCUT2D eigenvalue weighted by molar-refractivity contribution is -0.120. The predicted octanol–water partition coefficient (Wildman–Crippen LogP) is 1.54. The van der Waals surface area contributed by atoms with E-state index in [0.717, 1.165) is 11.0 Å². The summed E-state index contributed by atoms with van der Waals surface area (Å²) < 4.78 is 4.99. The fourth-order valence-electron chi connectivity index (χ4n) is 1.37. The smallest absolute Gasteiger partial charge is 0.252 e. The highest BCUT2D eigenvalue weighted by Gasteiger charge is 2.05. The van der Waals surface area contributed by atoms with E-state index in [0.29, 0.717) is 12.6 Å². The van der Waals surface area contributed by atoms with Crippen LogP contribution in [0.3, 0.4) is 0 Å². The normalized spacial score (nSPS) is 10.6. The zero-order valence-corrected chi connectivity index (χ0v) is 8.99. The maximum Gasteiger partial charge on any atom is 0.252 e. The van der Waals surface area contributed by atoms with E-state index in [9.17, 15) is 4.79 Å². The highest BCUT2D eigenvalue weighted by Crippen LogP contribution is 2.12. The molecule has 0 aliphatic rings. The van der Waals surface area contributed by atoms with E-state index in [1.54, 1.807) is 0 Å². The minimum Gasteiger partial charge on any atom is -0.372 e. The lowest BCUT2D eigenvalue weighted by Gasteiger charge is -2.00. The van der Waals surface area contributed by atoms with Crippen LogP contribution >= 0.6 is 0 Å². The average molecular weight is 219 g/mol. The first kappa shape index (κ1) is 10.6. The number of nitrogens with zero attached hydrogens (tertiary/aromatic N) is 1. The first-order valence-corrected chi connectivity index (χ1v) is 5.12. The Bertz CT molecular complexity index is 460. The Kier molecular flexibility index (Phi) is 3.16. The molecule has 84 valence electrons. The van der Waals surface area contributed by atoms with Gasteiger partial charge in [-0.3, -0.25) is 10.1 Å². The Labute approximate surface area is 92.8 Å². The molecule has 16 heavy (non-hydrogen) atoms. The van der Waals surface area contributed by atoms with Crippen LogP contribution in [0.15, 0.2) is 24.3 Å². The van der Waals surface area contributed by atoms with Gasteiger partial charge in [0.05, 0.1) is 11.0 Å². The fraction of sp³-hybridized carbons (Fsp3) is 0.273. The molecule has 0 aliphatic carbocycles. The second kappa shape index (κ2) is 4.76. The Balaban J connectivity index is 2.07. The van der Waals surface area contributed by atoms with Crippen molar-refractivity contribution in [2.24, 2.45) is 0 Å². The third-order valence-electron chi connectivity index (χ3n) is 2.08. The first-order valence-electron chi connectivity index (χ1n) is 5.12. The molecule has 1 aromatic heterocycles. The first-order chi connectivity index (χ1) is 7.79. The Morgan fingerprint density at radius 2 is 2.31 bits per heavy atom. The summed E-state index contributed by atoms with van der Waals surface area (Å²) in [5, 5.41) is 2.64. The molecule has 0 spiro atoms. The van der Waals surface area contributed by atoms with Gasteiger partial charge in [0.25, 0.3) is 5.91 Å². The van der Waals surface area contributed by atoms with Gasteiger partial charge in [-0.25, -0.2) is 4.98 Å². The molecular weight excluding hydrogens is 206 g/mol. The number of hydrogen-bond donors (Lipinski definition) is 2. The molecule has 0 saturated heterocycles. The van der Waals surface area contributed by atoms with Crippen LogP contribution in [0.2, 0.25) is 0 Å². The number of H-pyrrole nitrogens is 1. The topological polar surface area (TPSA) is 67.0 Å². The maximum absolute atomic E-state index is 11.4. The molecule has 5 heteroatoms. The van der Waals surface area contributed by atoms with Crippen molar-refractivity contribution in [1.82, 2.24) is 9.97 Å². The van der Waals surface area contributed by atoms with Gasteiger partial charge in [-0.2, -0.15) is 0 Å². The maximum atomic E-state index is 11.4. The monoisotopic (exact) mass is 219 g/mol. The number of hydrogen-bond acceptors (Lipinski definition) is 3. The number of rotatable bonds is 4. The summed E-state index contributed by atoms with van der Waals surface area (Å²) in [6, 6.07) is 7.59. The molecule has 5 nitrogen and oxygen atoms in total. The van der Waals surface area contributed by atoms with Gasteiger partial charge in [0.2, 0.25) is 5.95 Å². The largest absolute Gasteiger partial charge is 0.372 e. The minimum atomic E-state index is -0.207. The molecule has 2 aromatic rings. The molecule has 0 saturated carbocycles. The predicted molar refractivity (Wildman–Crippen MR) is 61.2 cm³/mol. The number of nitrogens with one attached hydrogen (secondary N) is 2. The van der Waals surface area contributed by atoms with Gasteiger partial charge in [0.15, 0.2) is 0 Å². The quantitative estimate of drug-likeness (QED) is 0.819. The minimum absolute atomic E-state index is 0.0492. The van der Waals surface area contributed by atoms with Gasteiger partial charge in [0.1, 0.15) is 6.61 Å². The van der Waals surface area contributed by atoms with Gasteiger partial charge >= 0.3 is 0 Å². The van der Waals surface area contributed by atoms with Crippen LogP contribution in [0.5, 0.6) is 0 Å². The lowest BCUT2D eigenvalue weighted by Crippen LogP contribution is -2.18. The van der Waals surface area contributed by atoms with Crippen molar-refractivity contribution in [2.75, 3.05) is 18.5 Å². The van der Waals surface area contributed by atoms with Gasteiger partial charge in [-0.15, -0.1) is 0 Å². The SMILES string of the molecule is CCOCC(=O)Nc1nc2ccccc2[nH]1. The molecule has 0 radical (unpaired) electrons. The average Bonchev–Trinajstić information content (AvgIpc) is 2.68. The van der Waals surface area contributed by atoms with Crippen LogP contribution in [0, 0.1) is 0 Å². The highest BCUT2D eigenvalue weighted by atomic mass is 16.5. The molecule has 0 atom stereocenters. The molecule has 1 aromatic carbocycles. The number of amides is 1. The second-order valence-electron chi connectivity index (χ2n) is 3.29. The summed E-state index contributed by atoms with van der Waals surface area (Å²) in [7, 11) is 0. The van der Waals surface area contributed by atoms with Crippen LogP contribution in [-0.4, -0.2) is 29.1 Å². The van der Waals surface area contributed by atoms with Crippen molar-refractivity contribution in [3.63, 3.8) is 0 Å². The zero-order chi connectivity index (χ0) is 11.4. The summed E-state index contributed by atoms with van der Waals surface area (Å²) >= 11 is 0. The Morgan fingerprint density at radius 3 is 3.06 bits per heavy atom. The lowest BCUT2D eigenvalue weighted by atomic mass is 10.3. The van der Waals surface area contributed by atoms with Gasteiger partial charge < -0.3 is 9.72 Å². The zero-order valence-electron chi connectivity index (χ0n) is 8.99. The number of aromatic nitrogens is 2. The molecule has 2 rings (SSSR count). The number of ether oxygens (including phenoxy) is 1. The molecule has 2 N–H and O–H groups in total. The van der Waals surface area contributed by atoms with Crippen LogP contribution in [0.25, 0.3) is 11.0 Å². The molecule has 1 heterocycles. The summed E-state index contributed by atoms with van der Waals surface area (Å²) in [5.74, 6) is 0.242.